The Morgan fingerprint density at radius 1 is 1.03 bits per heavy atom. The van der Waals surface area contributed by atoms with E-state index < -0.39 is 6.04 Å². The van der Waals surface area contributed by atoms with E-state index in [0.29, 0.717) is 23.3 Å². The van der Waals surface area contributed by atoms with Gasteiger partial charge in [0.1, 0.15) is 5.82 Å². The van der Waals surface area contributed by atoms with Gasteiger partial charge in [0.2, 0.25) is 0 Å². The molecule has 0 saturated heterocycles. The minimum absolute atomic E-state index is 0.136. The normalized spacial score (nSPS) is 11.9. The third kappa shape index (κ3) is 4.44. The molecule has 2 amide bonds. The van der Waals surface area contributed by atoms with E-state index in [4.69, 9.17) is 4.98 Å². The van der Waals surface area contributed by atoms with Crippen LogP contribution in [0.1, 0.15) is 43.8 Å². The number of para-hydroxylation sites is 2. The Bertz CT molecular complexity index is 1390. The molecule has 34 heavy (non-hydrogen) atoms. The second-order valence-electron chi connectivity index (χ2n) is 8.37. The van der Waals surface area contributed by atoms with Crippen LogP contribution in [0, 0.1) is 6.92 Å². The molecule has 0 aliphatic heterocycles. The maximum Gasteiger partial charge on any atom is 0.322 e. The van der Waals surface area contributed by atoms with Crippen LogP contribution >= 0.6 is 0 Å². The molecule has 1 aromatic heterocycles. The summed E-state index contributed by atoms with van der Waals surface area (Å²) >= 11 is 0. The minimum atomic E-state index is -0.447. The molecule has 0 radical (unpaired) electrons. The van der Waals surface area contributed by atoms with Crippen LogP contribution in [-0.2, 0) is 6.42 Å². The third-order valence-corrected chi connectivity index (χ3v) is 6.13. The predicted octanol–water partition coefficient (Wildman–Crippen LogP) is 5.87. The van der Waals surface area contributed by atoms with Gasteiger partial charge in [-0.25, -0.2) is 9.78 Å². The van der Waals surface area contributed by atoms with Crippen LogP contribution in [0.3, 0.4) is 0 Å². The lowest BCUT2D eigenvalue weighted by molar-refractivity contribution is 0.193. The Balaban J connectivity index is 1.84. The van der Waals surface area contributed by atoms with Crippen molar-refractivity contribution in [2.24, 2.45) is 0 Å². The first-order valence-electron chi connectivity index (χ1n) is 11.7. The Morgan fingerprint density at radius 3 is 2.50 bits per heavy atom. The summed E-state index contributed by atoms with van der Waals surface area (Å²) < 4.78 is 1.68. The van der Waals surface area contributed by atoms with Crippen LogP contribution in [0.25, 0.3) is 16.6 Å². The van der Waals surface area contributed by atoms with Crippen LogP contribution in [0.2, 0.25) is 0 Å². The molecule has 4 rings (SSSR count). The van der Waals surface area contributed by atoms with Gasteiger partial charge >= 0.3 is 6.03 Å². The van der Waals surface area contributed by atoms with Crippen molar-refractivity contribution in [3.8, 4) is 5.69 Å². The fourth-order valence-corrected chi connectivity index (χ4v) is 4.34. The number of nitrogens with zero attached hydrogens (tertiary/aromatic N) is 3. The molecule has 4 aromatic rings. The second-order valence-corrected chi connectivity index (χ2v) is 8.37. The van der Waals surface area contributed by atoms with E-state index in [9.17, 15) is 9.59 Å². The number of amides is 2. The van der Waals surface area contributed by atoms with Gasteiger partial charge in [-0.15, -0.1) is 0 Å². The van der Waals surface area contributed by atoms with Crippen molar-refractivity contribution in [2.75, 3.05) is 11.9 Å². The largest absolute Gasteiger partial charge is 0.322 e. The molecule has 1 heterocycles. The van der Waals surface area contributed by atoms with E-state index in [0.717, 1.165) is 28.9 Å². The molecule has 0 fully saturated rings. The highest BCUT2D eigenvalue weighted by Gasteiger charge is 2.26. The number of urea groups is 1. The van der Waals surface area contributed by atoms with Crippen LogP contribution in [0.15, 0.2) is 77.6 Å². The van der Waals surface area contributed by atoms with Crippen LogP contribution < -0.4 is 10.9 Å². The smallest absolute Gasteiger partial charge is 0.315 e. The Labute approximate surface area is 199 Å². The molecule has 1 N–H and O–H groups in total. The summed E-state index contributed by atoms with van der Waals surface area (Å²) in [6, 6.07) is 22.2. The minimum Gasteiger partial charge on any atom is -0.315 e. The standard InChI is InChI=1S/C28H30N4O2/c1-5-21-13-7-10-17-25(21)32-26(30-24-16-9-8-15-23(24)27(32)33)20(4)31(6-2)28(34)29-22-14-11-12-19(3)18-22/h7-18,20H,5-6H2,1-4H3,(H,29,34). The first-order chi connectivity index (χ1) is 16.4. The highest BCUT2D eigenvalue weighted by Crippen LogP contribution is 2.25. The molecular formula is C28H30N4O2. The van der Waals surface area contributed by atoms with Gasteiger partial charge in [-0.3, -0.25) is 9.36 Å². The molecule has 1 unspecified atom stereocenters. The zero-order valence-electron chi connectivity index (χ0n) is 20.1. The van der Waals surface area contributed by atoms with Crippen LogP contribution in [0.4, 0.5) is 10.5 Å². The molecule has 3 aromatic carbocycles. The number of rotatable bonds is 6. The van der Waals surface area contributed by atoms with Gasteiger partial charge in [0.15, 0.2) is 0 Å². The third-order valence-electron chi connectivity index (χ3n) is 6.13. The van der Waals surface area contributed by atoms with Crippen molar-refractivity contribution in [1.29, 1.82) is 0 Å². The van der Waals surface area contributed by atoms with Gasteiger partial charge in [0.25, 0.3) is 5.56 Å². The summed E-state index contributed by atoms with van der Waals surface area (Å²) in [5, 5.41) is 3.54. The molecule has 0 spiro atoms. The molecule has 174 valence electrons. The SMILES string of the molecule is CCc1ccccc1-n1c(C(C)N(CC)C(=O)Nc2cccc(C)c2)nc2ccccc2c1=O. The van der Waals surface area contributed by atoms with Crippen molar-refractivity contribution < 1.29 is 4.79 Å². The van der Waals surface area contributed by atoms with Gasteiger partial charge in [-0.2, -0.15) is 0 Å². The lowest BCUT2D eigenvalue weighted by Gasteiger charge is -2.30. The van der Waals surface area contributed by atoms with Gasteiger partial charge < -0.3 is 10.2 Å². The first kappa shape index (κ1) is 23.2. The summed E-state index contributed by atoms with van der Waals surface area (Å²) in [5.74, 6) is 0.533. The van der Waals surface area contributed by atoms with E-state index in [1.807, 2.05) is 87.5 Å². The number of anilines is 1. The monoisotopic (exact) mass is 454 g/mol. The zero-order chi connectivity index (χ0) is 24.2. The van der Waals surface area contributed by atoms with E-state index >= 15 is 0 Å². The fraction of sp³-hybridized carbons (Fsp3) is 0.250. The number of benzene rings is 3. The Morgan fingerprint density at radius 2 is 1.76 bits per heavy atom. The Kier molecular flexibility index (Phi) is 6.77. The molecule has 6 nitrogen and oxygen atoms in total. The highest BCUT2D eigenvalue weighted by atomic mass is 16.2. The summed E-state index contributed by atoms with van der Waals surface area (Å²) in [6.45, 7) is 8.35. The highest BCUT2D eigenvalue weighted by molar-refractivity contribution is 5.89. The summed E-state index contributed by atoms with van der Waals surface area (Å²) in [5.41, 5.74) is 4.12. The van der Waals surface area contributed by atoms with Gasteiger partial charge in [-0.05, 0) is 68.7 Å². The van der Waals surface area contributed by atoms with Gasteiger partial charge in [0.05, 0.1) is 22.6 Å². The number of aromatic nitrogens is 2. The summed E-state index contributed by atoms with van der Waals surface area (Å²) in [4.78, 5) is 33.6. The maximum absolute atomic E-state index is 13.7. The van der Waals surface area contributed by atoms with Crippen LogP contribution in [0.5, 0.6) is 0 Å². The number of hydrogen-bond donors (Lipinski definition) is 1. The van der Waals surface area contributed by atoms with Gasteiger partial charge in [-0.1, -0.05) is 49.4 Å². The molecule has 6 heteroatoms. The van der Waals surface area contributed by atoms with Crippen molar-refractivity contribution in [1.82, 2.24) is 14.5 Å². The fourth-order valence-electron chi connectivity index (χ4n) is 4.34. The van der Waals surface area contributed by atoms with Crippen molar-refractivity contribution >= 4 is 22.6 Å². The Hall–Kier alpha value is -3.93. The first-order valence-corrected chi connectivity index (χ1v) is 11.7. The number of hydrogen-bond acceptors (Lipinski definition) is 3. The lowest BCUT2D eigenvalue weighted by atomic mass is 10.1. The maximum atomic E-state index is 13.7. The number of aryl methyl sites for hydroxylation is 2. The van der Waals surface area contributed by atoms with E-state index in [-0.39, 0.29) is 11.6 Å². The number of carbonyl (C=O) groups excluding carboxylic acids is 1. The van der Waals surface area contributed by atoms with Crippen LogP contribution in [-0.4, -0.2) is 27.0 Å². The molecule has 0 aliphatic rings. The average molecular weight is 455 g/mol. The van der Waals surface area contributed by atoms with Crippen molar-refractivity contribution in [2.45, 2.75) is 40.2 Å². The summed E-state index contributed by atoms with van der Waals surface area (Å²) in [6.07, 6.45) is 0.772. The van der Waals surface area contributed by atoms with Crippen molar-refractivity contribution in [3.63, 3.8) is 0 Å². The van der Waals surface area contributed by atoms with Gasteiger partial charge in [0, 0.05) is 12.2 Å². The molecule has 1 atom stereocenters. The van der Waals surface area contributed by atoms with E-state index in [1.165, 1.54) is 0 Å². The quantitative estimate of drug-likeness (QED) is 0.396. The predicted molar refractivity (Wildman–Crippen MR) is 138 cm³/mol. The van der Waals surface area contributed by atoms with E-state index in [1.54, 1.807) is 15.5 Å². The lowest BCUT2D eigenvalue weighted by Crippen LogP contribution is -2.39. The topological polar surface area (TPSA) is 67.2 Å². The number of fused-ring (bicyclic) bond motifs is 1. The second kappa shape index (κ2) is 9.91. The zero-order valence-corrected chi connectivity index (χ0v) is 20.1. The van der Waals surface area contributed by atoms with E-state index in [2.05, 4.69) is 12.2 Å². The molecule has 0 saturated carbocycles. The number of nitrogens with one attached hydrogen (secondary N) is 1. The molecule has 0 aliphatic carbocycles. The average Bonchev–Trinajstić information content (AvgIpc) is 2.84. The summed E-state index contributed by atoms with van der Waals surface area (Å²) in [7, 11) is 0. The van der Waals surface area contributed by atoms with Crippen molar-refractivity contribution in [3.05, 3.63) is 100 Å². The molecule has 0 bridgehead atoms. The molecular weight excluding hydrogens is 424 g/mol. The number of carbonyl (C=O) groups is 1.